The maximum atomic E-state index is 13.0. The minimum Gasteiger partial charge on any atom is -0.496 e. The van der Waals surface area contributed by atoms with Crippen LogP contribution in [0.15, 0.2) is 11.0 Å². The second-order valence-corrected chi connectivity index (χ2v) is 11.8. The van der Waals surface area contributed by atoms with Crippen molar-refractivity contribution in [2.45, 2.75) is 44.9 Å². The second kappa shape index (κ2) is 13.2. The number of benzene rings is 1. The molecule has 0 bridgehead atoms. The lowest BCUT2D eigenvalue weighted by Gasteiger charge is -2.38. The van der Waals surface area contributed by atoms with Gasteiger partial charge in [0.05, 0.1) is 18.6 Å². The summed E-state index contributed by atoms with van der Waals surface area (Å²) in [4.78, 5) is 19.6. The summed E-state index contributed by atoms with van der Waals surface area (Å²) < 4.78 is 39.5. The molecule has 9 nitrogen and oxygen atoms in total. The summed E-state index contributed by atoms with van der Waals surface area (Å²) in [5.41, 5.74) is 2.23. The lowest BCUT2D eigenvalue weighted by Crippen LogP contribution is -2.48. The molecule has 2 fully saturated rings. The molecular weight excluding hydrogens is 480 g/mol. The number of piperidine rings is 1. The van der Waals surface area contributed by atoms with Gasteiger partial charge in [-0.1, -0.05) is 6.92 Å². The zero-order chi connectivity index (χ0) is 26.3. The summed E-state index contributed by atoms with van der Waals surface area (Å²) in [6.07, 6.45) is 2.73. The van der Waals surface area contributed by atoms with E-state index in [1.54, 1.807) is 20.1 Å². The molecule has 0 atom stereocenters. The average molecular weight is 525 g/mol. The fourth-order valence-corrected chi connectivity index (χ4v) is 6.84. The van der Waals surface area contributed by atoms with Crippen LogP contribution >= 0.6 is 0 Å². The van der Waals surface area contributed by atoms with Crippen molar-refractivity contribution in [3.8, 4) is 5.75 Å². The number of nitrogens with zero attached hydrogens (tertiary/aromatic N) is 3. The number of likely N-dealkylation sites (N-methyl/N-ethyl adjacent to an activating group) is 1. The number of carbonyl (C=O) groups excluding carboxylic acids is 1. The van der Waals surface area contributed by atoms with Crippen molar-refractivity contribution in [2.24, 2.45) is 5.92 Å². The first-order valence-corrected chi connectivity index (χ1v) is 14.6. The SMILES string of the molecule is CCc1c(OC)cc(C)c(S(=O)(=O)NCCOCC(=O)N2CCC(CN3CCN(C)CC3)CC2)c1C. The van der Waals surface area contributed by atoms with Gasteiger partial charge in [0.2, 0.25) is 15.9 Å². The minimum atomic E-state index is -3.71. The van der Waals surface area contributed by atoms with Gasteiger partial charge in [-0.3, -0.25) is 4.79 Å². The molecule has 0 saturated carbocycles. The van der Waals surface area contributed by atoms with Gasteiger partial charge >= 0.3 is 0 Å². The number of nitrogens with one attached hydrogen (secondary N) is 1. The first kappa shape index (κ1) is 28.8. The molecule has 2 saturated heterocycles. The topological polar surface area (TPSA) is 91.4 Å². The van der Waals surface area contributed by atoms with Crippen molar-refractivity contribution in [1.82, 2.24) is 19.4 Å². The van der Waals surface area contributed by atoms with Crippen LogP contribution < -0.4 is 9.46 Å². The van der Waals surface area contributed by atoms with E-state index in [1.165, 1.54) is 0 Å². The molecule has 3 rings (SSSR count). The molecule has 0 aliphatic carbocycles. The van der Waals surface area contributed by atoms with Crippen LogP contribution in [0, 0.1) is 19.8 Å². The maximum absolute atomic E-state index is 13.0. The van der Waals surface area contributed by atoms with E-state index in [0.717, 1.165) is 64.2 Å². The number of methoxy groups -OCH3 is 1. The van der Waals surface area contributed by atoms with Gasteiger partial charge in [0, 0.05) is 52.4 Å². The standard InChI is InChI=1S/C26H44N4O5S/c1-6-23-21(3)26(20(2)17-24(23)34-5)36(32,33)27-9-16-35-19-25(31)30-10-7-22(8-11-30)18-29-14-12-28(4)13-15-29/h17,22,27H,6-16,18-19H2,1-5H3. The smallest absolute Gasteiger partial charge is 0.248 e. The number of sulfonamides is 1. The monoisotopic (exact) mass is 524 g/mol. The molecule has 0 aromatic heterocycles. The lowest BCUT2D eigenvalue weighted by atomic mass is 9.96. The van der Waals surface area contributed by atoms with Crippen LogP contribution in [-0.2, 0) is 26.0 Å². The normalized spacial score (nSPS) is 18.5. The molecule has 2 aliphatic rings. The Balaban J connectivity index is 1.39. The third kappa shape index (κ3) is 7.41. The van der Waals surface area contributed by atoms with Gasteiger partial charge < -0.3 is 24.2 Å². The largest absolute Gasteiger partial charge is 0.496 e. The molecule has 1 N–H and O–H groups in total. The highest BCUT2D eigenvalue weighted by Crippen LogP contribution is 2.31. The molecule has 0 radical (unpaired) electrons. The van der Waals surface area contributed by atoms with Crippen molar-refractivity contribution in [3.63, 3.8) is 0 Å². The van der Waals surface area contributed by atoms with Crippen LogP contribution in [0.4, 0.5) is 0 Å². The molecule has 0 unspecified atom stereocenters. The predicted octanol–water partition coefficient (Wildman–Crippen LogP) is 1.66. The average Bonchev–Trinajstić information content (AvgIpc) is 2.85. The number of rotatable bonds is 11. The van der Waals surface area contributed by atoms with Gasteiger partial charge in [-0.2, -0.15) is 0 Å². The van der Waals surface area contributed by atoms with Crippen molar-refractivity contribution >= 4 is 15.9 Å². The van der Waals surface area contributed by atoms with Crippen LogP contribution in [0.25, 0.3) is 0 Å². The quantitative estimate of drug-likeness (QED) is 0.440. The van der Waals surface area contributed by atoms with E-state index in [9.17, 15) is 13.2 Å². The number of likely N-dealkylation sites (tertiary alicyclic amines) is 1. The Kier molecular flexibility index (Phi) is 10.6. The second-order valence-electron chi connectivity index (χ2n) is 10.1. The van der Waals surface area contributed by atoms with Crippen LogP contribution in [0.5, 0.6) is 5.75 Å². The van der Waals surface area contributed by atoms with E-state index in [4.69, 9.17) is 9.47 Å². The van der Waals surface area contributed by atoms with Crippen molar-refractivity contribution < 1.29 is 22.7 Å². The highest BCUT2D eigenvalue weighted by molar-refractivity contribution is 7.89. The van der Waals surface area contributed by atoms with Gasteiger partial charge in [0.25, 0.3) is 0 Å². The van der Waals surface area contributed by atoms with Crippen LogP contribution in [0.3, 0.4) is 0 Å². The van der Waals surface area contributed by atoms with Crippen molar-refractivity contribution in [3.05, 3.63) is 22.8 Å². The Bertz CT molecular complexity index is 985. The minimum absolute atomic E-state index is 0.0224. The molecule has 0 spiro atoms. The van der Waals surface area contributed by atoms with Crippen LogP contribution in [-0.4, -0.2) is 109 Å². The molecule has 1 amide bonds. The molecule has 10 heteroatoms. The third-order valence-corrected chi connectivity index (χ3v) is 9.23. The number of hydrogen-bond donors (Lipinski definition) is 1. The Morgan fingerprint density at radius 2 is 1.78 bits per heavy atom. The van der Waals surface area contributed by atoms with Gasteiger partial charge in [-0.05, 0) is 68.8 Å². The Morgan fingerprint density at radius 3 is 2.39 bits per heavy atom. The number of ether oxygens (including phenoxy) is 2. The van der Waals surface area contributed by atoms with E-state index >= 15 is 0 Å². The summed E-state index contributed by atoms with van der Waals surface area (Å²) in [6.45, 7) is 13.0. The van der Waals surface area contributed by atoms with E-state index in [2.05, 4.69) is 21.6 Å². The maximum Gasteiger partial charge on any atom is 0.248 e. The fraction of sp³-hybridized carbons (Fsp3) is 0.731. The van der Waals surface area contributed by atoms with Gasteiger partial charge in [-0.25, -0.2) is 13.1 Å². The first-order valence-electron chi connectivity index (χ1n) is 13.1. The fourth-order valence-electron chi connectivity index (χ4n) is 5.33. The van der Waals surface area contributed by atoms with Crippen molar-refractivity contribution in [2.75, 3.05) is 79.7 Å². The van der Waals surface area contributed by atoms with E-state index in [1.807, 2.05) is 18.7 Å². The highest BCUT2D eigenvalue weighted by Gasteiger charge is 2.26. The number of carbonyl (C=O) groups is 1. The number of hydrogen-bond acceptors (Lipinski definition) is 7. The summed E-state index contributed by atoms with van der Waals surface area (Å²) >= 11 is 0. The molecule has 2 heterocycles. The highest BCUT2D eigenvalue weighted by atomic mass is 32.2. The molecular formula is C26H44N4O5S. The predicted molar refractivity (Wildman–Crippen MR) is 141 cm³/mol. The zero-order valence-corrected chi connectivity index (χ0v) is 23.5. The van der Waals surface area contributed by atoms with E-state index in [-0.39, 0.29) is 30.6 Å². The number of amides is 1. The summed E-state index contributed by atoms with van der Waals surface area (Å²) in [5.74, 6) is 1.33. The molecule has 36 heavy (non-hydrogen) atoms. The molecule has 1 aromatic rings. The van der Waals surface area contributed by atoms with Gasteiger partial charge in [-0.15, -0.1) is 0 Å². The first-order chi connectivity index (χ1) is 17.2. The Morgan fingerprint density at radius 1 is 1.11 bits per heavy atom. The Hall–Kier alpha value is -1.72. The zero-order valence-electron chi connectivity index (χ0n) is 22.6. The number of aryl methyl sites for hydroxylation is 1. The summed E-state index contributed by atoms with van der Waals surface area (Å²) in [6, 6.07) is 1.77. The van der Waals surface area contributed by atoms with Crippen LogP contribution in [0.2, 0.25) is 0 Å². The van der Waals surface area contributed by atoms with Crippen LogP contribution in [0.1, 0.15) is 36.5 Å². The third-order valence-electron chi connectivity index (χ3n) is 7.48. The van der Waals surface area contributed by atoms with Crippen molar-refractivity contribution in [1.29, 1.82) is 0 Å². The molecule has 204 valence electrons. The van der Waals surface area contributed by atoms with Gasteiger partial charge in [0.15, 0.2) is 0 Å². The van der Waals surface area contributed by atoms with E-state index in [0.29, 0.717) is 29.2 Å². The van der Waals surface area contributed by atoms with E-state index < -0.39 is 10.0 Å². The van der Waals surface area contributed by atoms with Gasteiger partial charge in [0.1, 0.15) is 12.4 Å². The summed E-state index contributed by atoms with van der Waals surface area (Å²) in [7, 11) is 0.0529. The lowest BCUT2D eigenvalue weighted by molar-refractivity contribution is -0.137. The summed E-state index contributed by atoms with van der Waals surface area (Å²) in [5, 5.41) is 0. The Labute approximate surface area is 217 Å². The molecule has 2 aliphatic heterocycles. The molecule has 1 aromatic carbocycles. The number of piperazine rings is 1.